The molecule has 0 amide bonds. The Balaban J connectivity index is 1.58. The lowest BCUT2D eigenvalue weighted by Gasteiger charge is -2.33. The molecule has 1 aromatic rings. The van der Waals surface area contributed by atoms with Crippen LogP contribution >= 0.6 is 0 Å². The molecule has 0 radical (unpaired) electrons. The van der Waals surface area contributed by atoms with E-state index in [0.717, 1.165) is 29.9 Å². The molecule has 3 rings (SSSR count). The monoisotopic (exact) mass is 275 g/mol. The van der Waals surface area contributed by atoms with Crippen molar-refractivity contribution in [1.29, 1.82) is 0 Å². The van der Waals surface area contributed by atoms with Crippen molar-refractivity contribution in [1.82, 2.24) is 5.32 Å². The minimum Gasteiger partial charge on any atom is -0.486 e. The van der Waals surface area contributed by atoms with E-state index in [2.05, 4.69) is 31.3 Å². The van der Waals surface area contributed by atoms with E-state index in [9.17, 15) is 0 Å². The summed E-state index contributed by atoms with van der Waals surface area (Å²) in [4.78, 5) is 0. The molecule has 0 aromatic heterocycles. The molecule has 3 atom stereocenters. The van der Waals surface area contributed by atoms with Gasteiger partial charge in [0.1, 0.15) is 13.2 Å². The molecule has 0 bridgehead atoms. The highest BCUT2D eigenvalue weighted by atomic mass is 16.6. The van der Waals surface area contributed by atoms with Crippen molar-refractivity contribution in [3.8, 4) is 11.5 Å². The number of rotatable bonds is 3. The molecule has 1 N–H and O–H groups in total. The predicted octanol–water partition coefficient (Wildman–Crippen LogP) is 3.37. The molecular weight excluding hydrogens is 250 g/mol. The molecule has 1 heterocycles. The molecule has 2 aliphatic rings. The van der Waals surface area contributed by atoms with Gasteiger partial charge in [0.05, 0.1) is 0 Å². The lowest BCUT2D eigenvalue weighted by atomic mass is 9.80. The van der Waals surface area contributed by atoms with Crippen LogP contribution in [-0.4, -0.2) is 19.3 Å². The minimum atomic E-state index is 0.652. The molecule has 110 valence electrons. The van der Waals surface area contributed by atoms with E-state index in [1.165, 1.54) is 24.8 Å². The van der Waals surface area contributed by atoms with Crippen LogP contribution in [-0.2, 0) is 6.54 Å². The van der Waals surface area contributed by atoms with Crippen LogP contribution in [0, 0.1) is 11.8 Å². The van der Waals surface area contributed by atoms with Gasteiger partial charge in [0, 0.05) is 12.6 Å². The number of hydrogen-bond acceptors (Lipinski definition) is 3. The van der Waals surface area contributed by atoms with Gasteiger partial charge in [-0.3, -0.25) is 0 Å². The van der Waals surface area contributed by atoms with Gasteiger partial charge in [-0.05, 0) is 48.8 Å². The van der Waals surface area contributed by atoms with Crippen LogP contribution < -0.4 is 14.8 Å². The zero-order valence-electron chi connectivity index (χ0n) is 12.5. The summed E-state index contributed by atoms with van der Waals surface area (Å²) < 4.78 is 11.2. The molecular formula is C17H25NO2. The first-order valence-electron chi connectivity index (χ1n) is 7.84. The quantitative estimate of drug-likeness (QED) is 0.917. The van der Waals surface area contributed by atoms with E-state index in [4.69, 9.17) is 9.47 Å². The highest BCUT2D eigenvalue weighted by Crippen LogP contribution is 2.31. The highest BCUT2D eigenvalue weighted by Gasteiger charge is 2.24. The standard InChI is InChI=1S/C17H25NO2/c1-12-3-5-15(13(2)9-12)18-11-14-4-6-16-17(10-14)20-8-7-19-16/h4,6,10,12-13,15,18H,3,5,7-9,11H2,1-2H3. The summed E-state index contributed by atoms with van der Waals surface area (Å²) in [6.45, 7) is 6.97. The Labute approximate surface area is 121 Å². The zero-order valence-corrected chi connectivity index (χ0v) is 12.5. The van der Waals surface area contributed by atoms with Gasteiger partial charge in [0.15, 0.2) is 11.5 Å². The second-order valence-electron chi connectivity index (χ2n) is 6.36. The van der Waals surface area contributed by atoms with Crippen molar-refractivity contribution in [2.24, 2.45) is 11.8 Å². The molecule has 3 unspecified atom stereocenters. The first-order valence-corrected chi connectivity index (χ1v) is 7.84. The van der Waals surface area contributed by atoms with Crippen LogP contribution in [0.4, 0.5) is 0 Å². The van der Waals surface area contributed by atoms with Gasteiger partial charge in [-0.1, -0.05) is 19.9 Å². The lowest BCUT2D eigenvalue weighted by Crippen LogP contribution is -2.38. The highest BCUT2D eigenvalue weighted by molar-refractivity contribution is 5.43. The Hall–Kier alpha value is -1.22. The molecule has 1 aliphatic carbocycles. The third kappa shape index (κ3) is 3.09. The maximum atomic E-state index is 5.64. The average Bonchev–Trinajstić information content (AvgIpc) is 2.46. The third-order valence-corrected chi connectivity index (χ3v) is 4.61. The van der Waals surface area contributed by atoms with Crippen molar-refractivity contribution >= 4 is 0 Å². The van der Waals surface area contributed by atoms with Crippen LogP contribution in [0.1, 0.15) is 38.7 Å². The smallest absolute Gasteiger partial charge is 0.161 e. The van der Waals surface area contributed by atoms with Crippen molar-refractivity contribution in [2.75, 3.05) is 13.2 Å². The number of ether oxygens (including phenoxy) is 2. The SMILES string of the molecule is CC1CCC(NCc2ccc3c(c2)OCCO3)C(C)C1. The Bertz CT molecular complexity index is 460. The zero-order chi connectivity index (χ0) is 13.9. The second-order valence-corrected chi connectivity index (χ2v) is 6.36. The minimum absolute atomic E-state index is 0.652. The van der Waals surface area contributed by atoms with E-state index < -0.39 is 0 Å². The second kappa shape index (κ2) is 6.04. The first kappa shape index (κ1) is 13.7. The normalized spacial score (nSPS) is 29.2. The number of nitrogens with one attached hydrogen (secondary N) is 1. The lowest BCUT2D eigenvalue weighted by molar-refractivity contribution is 0.171. The fraction of sp³-hybridized carbons (Fsp3) is 0.647. The summed E-state index contributed by atoms with van der Waals surface area (Å²) in [6, 6.07) is 6.92. The van der Waals surface area contributed by atoms with Crippen LogP contribution in [0.2, 0.25) is 0 Å². The Morgan fingerprint density at radius 3 is 2.70 bits per heavy atom. The van der Waals surface area contributed by atoms with Crippen LogP contribution in [0.25, 0.3) is 0 Å². The fourth-order valence-corrected chi connectivity index (χ4v) is 3.42. The van der Waals surface area contributed by atoms with Gasteiger partial charge in [0.2, 0.25) is 0 Å². The summed E-state index contributed by atoms with van der Waals surface area (Å²) in [5, 5.41) is 3.72. The molecule has 3 heteroatoms. The molecule has 0 saturated heterocycles. The molecule has 20 heavy (non-hydrogen) atoms. The molecule has 3 nitrogen and oxygen atoms in total. The Morgan fingerprint density at radius 1 is 1.10 bits per heavy atom. The number of fused-ring (bicyclic) bond motifs is 1. The maximum Gasteiger partial charge on any atom is 0.161 e. The maximum absolute atomic E-state index is 5.64. The van der Waals surface area contributed by atoms with E-state index in [0.29, 0.717) is 19.3 Å². The number of hydrogen-bond donors (Lipinski definition) is 1. The van der Waals surface area contributed by atoms with Crippen LogP contribution in [0.15, 0.2) is 18.2 Å². The average molecular weight is 275 g/mol. The first-order chi connectivity index (χ1) is 9.72. The molecule has 1 saturated carbocycles. The topological polar surface area (TPSA) is 30.5 Å². The van der Waals surface area contributed by atoms with Crippen molar-refractivity contribution in [3.05, 3.63) is 23.8 Å². The molecule has 1 aromatic carbocycles. The van der Waals surface area contributed by atoms with Gasteiger partial charge in [-0.2, -0.15) is 0 Å². The summed E-state index contributed by atoms with van der Waals surface area (Å²) in [5.41, 5.74) is 1.28. The van der Waals surface area contributed by atoms with E-state index in [-0.39, 0.29) is 0 Å². The summed E-state index contributed by atoms with van der Waals surface area (Å²) in [6.07, 6.45) is 3.99. The molecule has 0 spiro atoms. The van der Waals surface area contributed by atoms with Crippen molar-refractivity contribution < 1.29 is 9.47 Å². The third-order valence-electron chi connectivity index (χ3n) is 4.61. The fourth-order valence-electron chi connectivity index (χ4n) is 3.42. The van der Waals surface area contributed by atoms with Gasteiger partial charge in [-0.25, -0.2) is 0 Å². The van der Waals surface area contributed by atoms with Gasteiger partial charge >= 0.3 is 0 Å². The van der Waals surface area contributed by atoms with Gasteiger partial charge in [0.25, 0.3) is 0 Å². The van der Waals surface area contributed by atoms with Crippen molar-refractivity contribution in [2.45, 2.75) is 45.7 Å². The summed E-state index contributed by atoms with van der Waals surface area (Å²) in [7, 11) is 0. The number of benzene rings is 1. The Morgan fingerprint density at radius 2 is 1.90 bits per heavy atom. The summed E-state index contributed by atoms with van der Waals surface area (Å²) in [5.74, 6) is 3.43. The van der Waals surface area contributed by atoms with E-state index in [1.807, 2.05) is 6.07 Å². The van der Waals surface area contributed by atoms with E-state index >= 15 is 0 Å². The van der Waals surface area contributed by atoms with Gasteiger partial charge in [-0.15, -0.1) is 0 Å². The Kier molecular flexibility index (Phi) is 4.16. The largest absolute Gasteiger partial charge is 0.486 e. The van der Waals surface area contributed by atoms with Gasteiger partial charge < -0.3 is 14.8 Å². The van der Waals surface area contributed by atoms with E-state index in [1.54, 1.807) is 0 Å². The molecule has 1 aliphatic heterocycles. The molecule has 1 fully saturated rings. The van der Waals surface area contributed by atoms with Crippen LogP contribution in [0.3, 0.4) is 0 Å². The predicted molar refractivity (Wildman–Crippen MR) is 80.2 cm³/mol. The van der Waals surface area contributed by atoms with Crippen LogP contribution in [0.5, 0.6) is 11.5 Å². The summed E-state index contributed by atoms with van der Waals surface area (Å²) >= 11 is 0. The van der Waals surface area contributed by atoms with Crippen molar-refractivity contribution in [3.63, 3.8) is 0 Å².